The summed E-state index contributed by atoms with van der Waals surface area (Å²) in [5.41, 5.74) is 1.65. The molecule has 0 aromatic heterocycles. The number of anilines is 1. The van der Waals surface area contributed by atoms with E-state index in [2.05, 4.69) is 14.6 Å². The molecule has 0 spiro atoms. The van der Waals surface area contributed by atoms with Gasteiger partial charge in [0.1, 0.15) is 10.7 Å². The van der Waals surface area contributed by atoms with Crippen LogP contribution in [-0.4, -0.2) is 62.9 Å². The largest absolute Gasteiger partial charge is 0.454 e. The minimum atomic E-state index is -3.73. The molecule has 0 atom stereocenters. The highest BCUT2D eigenvalue weighted by Gasteiger charge is 2.26. The predicted octanol–water partition coefficient (Wildman–Crippen LogP) is 2.05. The molecule has 1 saturated heterocycles. The van der Waals surface area contributed by atoms with Crippen LogP contribution in [0.5, 0.6) is 11.5 Å². The minimum absolute atomic E-state index is 0.00786. The molecule has 1 fully saturated rings. The molecule has 0 bridgehead atoms. The number of rotatable bonds is 5. The van der Waals surface area contributed by atoms with E-state index in [-0.39, 0.29) is 30.4 Å². The summed E-state index contributed by atoms with van der Waals surface area (Å²) in [5, 5.41) is 3.04. The number of hydrogen-bond donors (Lipinski definition) is 1. The molecule has 3 aliphatic rings. The Morgan fingerprint density at radius 3 is 2.66 bits per heavy atom. The molecule has 32 heavy (non-hydrogen) atoms. The average molecular weight is 457 g/mol. The van der Waals surface area contributed by atoms with Crippen molar-refractivity contribution in [3.63, 3.8) is 0 Å². The lowest BCUT2D eigenvalue weighted by Gasteiger charge is -2.35. The molecule has 2 aromatic rings. The van der Waals surface area contributed by atoms with Crippen molar-refractivity contribution in [3.8, 4) is 11.5 Å². The number of ether oxygens (including phenoxy) is 2. The topological polar surface area (TPSA) is 101 Å². The molecular weight excluding hydrogens is 432 g/mol. The van der Waals surface area contributed by atoms with Crippen molar-refractivity contribution in [2.45, 2.75) is 24.3 Å². The van der Waals surface area contributed by atoms with Crippen LogP contribution in [0, 0.1) is 0 Å². The van der Waals surface area contributed by atoms with Gasteiger partial charge in [-0.25, -0.2) is 0 Å². The van der Waals surface area contributed by atoms with E-state index in [1.165, 1.54) is 6.07 Å². The number of nitrogens with zero attached hydrogens (tertiary/aromatic N) is 3. The molecule has 0 aliphatic carbocycles. The normalized spacial score (nSPS) is 19.1. The molecule has 0 radical (unpaired) electrons. The summed E-state index contributed by atoms with van der Waals surface area (Å²) in [5.74, 6) is 1.87. The van der Waals surface area contributed by atoms with Gasteiger partial charge in [-0.1, -0.05) is 18.2 Å². The Hall–Kier alpha value is -3.11. The molecule has 3 heterocycles. The predicted molar refractivity (Wildman–Crippen MR) is 118 cm³/mol. The molecular formula is C22H24N4O5S. The third kappa shape index (κ3) is 4.28. The van der Waals surface area contributed by atoms with Crippen LogP contribution >= 0.6 is 0 Å². The van der Waals surface area contributed by atoms with Gasteiger partial charge in [-0.15, -0.1) is 4.40 Å². The fraction of sp³-hybridized carbons (Fsp3) is 0.364. The van der Waals surface area contributed by atoms with E-state index >= 15 is 0 Å². The smallest absolute Gasteiger partial charge is 0.286 e. The lowest BCUT2D eigenvalue weighted by molar-refractivity contribution is -0.132. The van der Waals surface area contributed by atoms with E-state index in [0.29, 0.717) is 24.6 Å². The number of carbonyl (C=O) groups is 1. The van der Waals surface area contributed by atoms with Gasteiger partial charge in [0.15, 0.2) is 11.5 Å². The number of para-hydroxylation sites is 1. The monoisotopic (exact) mass is 456 g/mol. The van der Waals surface area contributed by atoms with Gasteiger partial charge in [-0.2, -0.15) is 8.42 Å². The zero-order valence-electron chi connectivity index (χ0n) is 17.5. The van der Waals surface area contributed by atoms with E-state index in [9.17, 15) is 13.2 Å². The third-order valence-corrected chi connectivity index (χ3v) is 7.19. The Morgan fingerprint density at radius 1 is 1.03 bits per heavy atom. The van der Waals surface area contributed by atoms with Gasteiger partial charge in [0.2, 0.25) is 12.7 Å². The number of fused-ring (bicyclic) bond motifs is 2. The highest BCUT2D eigenvalue weighted by molar-refractivity contribution is 7.90. The van der Waals surface area contributed by atoms with Crippen LogP contribution in [0.4, 0.5) is 5.69 Å². The first-order valence-corrected chi connectivity index (χ1v) is 12.0. The van der Waals surface area contributed by atoms with E-state index in [1.54, 1.807) is 18.2 Å². The zero-order chi connectivity index (χ0) is 22.1. The number of amides is 1. The number of piperazine rings is 1. The first-order valence-electron chi connectivity index (χ1n) is 10.6. The van der Waals surface area contributed by atoms with Crippen molar-refractivity contribution < 1.29 is 22.7 Å². The fourth-order valence-corrected chi connectivity index (χ4v) is 5.28. The number of sulfonamides is 1. The molecule has 168 valence electrons. The lowest BCUT2D eigenvalue weighted by atomic mass is 10.1. The number of carbonyl (C=O) groups excluding carboxylic acids is 1. The Kier molecular flexibility index (Phi) is 5.48. The van der Waals surface area contributed by atoms with Gasteiger partial charge < -0.3 is 19.7 Å². The summed E-state index contributed by atoms with van der Waals surface area (Å²) in [7, 11) is -3.73. The molecule has 3 aliphatic heterocycles. The van der Waals surface area contributed by atoms with E-state index in [1.807, 2.05) is 23.1 Å². The fourth-order valence-electron chi connectivity index (χ4n) is 4.11. The molecule has 2 aromatic carbocycles. The second kappa shape index (κ2) is 8.44. The van der Waals surface area contributed by atoms with Crippen molar-refractivity contribution in [1.29, 1.82) is 0 Å². The second-order valence-electron chi connectivity index (χ2n) is 7.98. The van der Waals surface area contributed by atoms with Crippen LogP contribution in [0.15, 0.2) is 51.8 Å². The molecule has 0 unspecified atom stereocenters. The summed E-state index contributed by atoms with van der Waals surface area (Å²) >= 11 is 0. The van der Waals surface area contributed by atoms with Gasteiger partial charge in [0.05, 0.1) is 5.69 Å². The molecule has 5 rings (SSSR count). The lowest BCUT2D eigenvalue weighted by Crippen LogP contribution is -2.48. The van der Waals surface area contributed by atoms with Gasteiger partial charge in [-0.05, 0) is 29.8 Å². The summed E-state index contributed by atoms with van der Waals surface area (Å²) < 4.78 is 39.3. The first-order chi connectivity index (χ1) is 15.5. The Bertz CT molecular complexity index is 1170. The second-order valence-corrected chi connectivity index (χ2v) is 9.55. The van der Waals surface area contributed by atoms with Crippen LogP contribution in [0.25, 0.3) is 0 Å². The van der Waals surface area contributed by atoms with Gasteiger partial charge in [0.25, 0.3) is 10.0 Å². The van der Waals surface area contributed by atoms with Crippen LogP contribution in [-0.2, 0) is 21.4 Å². The number of amidine groups is 1. The molecule has 10 heteroatoms. The number of hydrogen-bond acceptors (Lipinski definition) is 7. The zero-order valence-corrected chi connectivity index (χ0v) is 18.3. The standard InChI is InChI=1S/C22H24N4O5S/c27-22(8-7-21-23-17-3-1-2-4-20(17)32(28,29)24-21)26-11-9-25(10-12-26)14-16-5-6-18-19(13-16)31-15-30-18/h1-6,13H,7-12,14-15H2,(H,23,24). The quantitative estimate of drug-likeness (QED) is 0.735. The van der Waals surface area contributed by atoms with Crippen LogP contribution in [0.3, 0.4) is 0 Å². The molecule has 0 saturated carbocycles. The van der Waals surface area contributed by atoms with Gasteiger partial charge in [0, 0.05) is 45.6 Å². The Balaban J connectivity index is 1.12. The maximum absolute atomic E-state index is 12.7. The highest BCUT2D eigenvalue weighted by atomic mass is 32.2. The summed E-state index contributed by atoms with van der Waals surface area (Å²) in [6.45, 7) is 3.90. The molecule has 9 nitrogen and oxygen atoms in total. The molecule has 1 N–H and O–H groups in total. The van der Waals surface area contributed by atoms with Gasteiger partial charge >= 0.3 is 0 Å². The van der Waals surface area contributed by atoms with Crippen molar-refractivity contribution in [2.75, 3.05) is 38.3 Å². The number of benzene rings is 2. The van der Waals surface area contributed by atoms with E-state index in [0.717, 1.165) is 36.7 Å². The maximum Gasteiger partial charge on any atom is 0.286 e. The van der Waals surface area contributed by atoms with Crippen molar-refractivity contribution in [2.24, 2.45) is 4.40 Å². The summed E-state index contributed by atoms with van der Waals surface area (Å²) in [6.07, 6.45) is 0.468. The minimum Gasteiger partial charge on any atom is -0.454 e. The maximum atomic E-state index is 12.7. The van der Waals surface area contributed by atoms with Gasteiger partial charge in [-0.3, -0.25) is 9.69 Å². The number of nitrogens with one attached hydrogen (secondary N) is 1. The van der Waals surface area contributed by atoms with Crippen LogP contribution in [0.2, 0.25) is 0 Å². The van der Waals surface area contributed by atoms with Crippen molar-refractivity contribution >= 4 is 27.5 Å². The molecule has 1 amide bonds. The van der Waals surface area contributed by atoms with E-state index in [4.69, 9.17) is 9.47 Å². The van der Waals surface area contributed by atoms with Crippen LogP contribution < -0.4 is 14.8 Å². The van der Waals surface area contributed by atoms with Crippen LogP contribution in [0.1, 0.15) is 18.4 Å². The average Bonchev–Trinajstić information content (AvgIpc) is 3.25. The van der Waals surface area contributed by atoms with Crippen molar-refractivity contribution in [3.05, 3.63) is 48.0 Å². The summed E-state index contributed by atoms with van der Waals surface area (Å²) in [6, 6.07) is 12.6. The third-order valence-electron chi connectivity index (χ3n) is 5.82. The Labute approximate surface area is 186 Å². The SMILES string of the molecule is O=C(CCC1=NS(=O)(=O)c2ccccc2N1)N1CCN(Cc2ccc3c(c2)OCO3)CC1. The van der Waals surface area contributed by atoms with Crippen molar-refractivity contribution in [1.82, 2.24) is 9.80 Å². The summed E-state index contributed by atoms with van der Waals surface area (Å²) in [4.78, 5) is 17.0. The first kappa shape index (κ1) is 20.8. The highest BCUT2D eigenvalue weighted by Crippen LogP contribution is 2.33. The Morgan fingerprint density at radius 2 is 1.81 bits per heavy atom. The van der Waals surface area contributed by atoms with E-state index < -0.39 is 10.0 Å².